The second kappa shape index (κ2) is 6.43. The molecule has 1 amide bonds. The monoisotopic (exact) mass is 295 g/mol. The van der Waals surface area contributed by atoms with Gasteiger partial charge < -0.3 is 10.1 Å². The molecule has 0 aliphatic carbocycles. The van der Waals surface area contributed by atoms with Crippen molar-refractivity contribution in [3.63, 3.8) is 0 Å². The van der Waals surface area contributed by atoms with Gasteiger partial charge in [-0.25, -0.2) is 4.79 Å². The molecule has 2 aromatic rings. The molecule has 1 N–H and O–H groups in total. The molecule has 0 radical (unpaired) electrons. The Kier molecular flexibility index (Phi) is 4.19. The van der Waals surface area contributed by atoms with Crippen LogP contribution in [-0.2, 0) is 29.1 Å². The highest BCUT2D eigenvalue weighted by molar-refractivity contribution is 5.90. The van der Waals surface area contributed by atoms with Crippen LogP contribution < -0.4 is 5.32 Å². The standard InChI is InChI=1S/C18H17NO3/c20-17-9-8-14-6-7-15(10-16(14)11-19-17)18(21)22-12-13-4-2-1-3-5-13/h1-7,10H,8-9,11-12H2,(H,19,20). The highest BCUT2D eigenvalue weighted by Gasteiger charge is 2.15. The summed E-state index contributed by atoms with van der Waals surface area (Å²) in [5, 5.41) is 2.83. The number of amides is 1. The molecule has 4 heteroatoms. The minimum Gasteiger partial charge on any atom is -0.457 e. The molecule has 1 heterocycles. The van der Waals surface area contributed by atoms with Gasteiger partial charge in [-0.1, -0.05) is 36.4 Å². The zero-order chi connectivity index (χ0) is 15.4. The summed E-state index contributed by atoms with van der Waals surface area (Å²) in [6, 6.07) is 15.1. The van der Waals surface area contributed by atoms with Crippen molar-refractivity contribution in [3.8, 4) is 0 Å². The minimum atomic E-state index is -0.345. The molecule has 3 rings (SSSR count). The number of hydrogen-bond donors (Lipinski definition) is 1. The van der Waals surface area contributed by atoms with E-state index in [0.29, 0.717) is 24.9 Å². The fourth-order valence-electron chi connectivity index (χ4n) is 2.50. The van der Waals surface area contributed by atoms with E-state index in [1.54, 1.807) is 6.07 Å². The van der Waals surface area contributed by atoms with Crippen molar-refractivity contribution >= 4 is 11.9 Å². The SMILES string of the molecule is O=C1CCc2ccc(C(=O)OCc3ccccc3)cc2CN1. The van der Waals surface area contributed by atoms with Crippen LogP contribution in [-0.4, -0.2) is 11.9 Å². The normalized spacial score (nSPS) is 13.7. The molecule has 0 saturated carbocycles. The van der Waals surface area contributed by atoms with E-state index in [1.165, 1.54) is 0 Å². The van der Waals surface area contributed by atoms with E-state index in [9.17, 15) is 9.59 Å². The molecule has 0 aromatic heterocycles. The van der Waals surface area contributed by atoms with Crippen LogP contribution in [0.4, 0.5) is 0 Å². The number of esters is 1. The Hall–Kier alpha value is -2.62. The average Bonchev–Trinajstić information content (AvgIpc) is 2.75. The molecular formula is C18H17NO3. The zero-order valence-electron chi connectivity index (χ0n) is 12.2. The van der Waals surface area contributed by atoms with Crippen molar-refractivity contribution in [2.24, 2.45) is 0 Å². The van der Waals surface area contributed by atoms with Gasteiger partial charge in [0.15, 0.2) is 0 Å². The maximum absolute atomic E-state index is 12.1. The quantitative estimate of drug-likeness (QED) is 0.886. The van der Waals surface area contributed by atoms with Gasteiger partial charge in [0.1, 0.15) is 6.61 Å². The highest BCUT2D eigenvalue weighted by atomic mass is 16.5. The average molecular weight is 295 g/mol. The molecular weight excluding hydrogens is 278 g/mol. The van der Waals surface area contributed by atoms with Crippen LogP contribution in [0.3, 0.4) is 0 Å². The number of fused-ring (bicyclic) bond motifs is 1. The number of carbonyl (C=O) groups excluding carboxylic acids is 2. The maximum Gasteiger partial charge on any atom is 0.338 e. The van der Waals surface area contributed by atoms with E-state index < -0.39 is 0 Å². The van der Waals surface area contributed by atoms with Gasteiger partial charge in [0, 0.05) is 13.0 Å². The van der Waals surface area contributed by atoms with E-state index in [2.05, 4.69) is 5.32 Å². The van der Waals surface area contributed by atoms with Gasteiger partial charge in [0.25, 0.3) is 0 Å². The van der Waals surface area contributed by atoms with E-state index in [0.717, 1.165) is 16.7 Å². The lowest BCUT2D eigenvalue weighted by Crippen LogP contribution is -2.20. The molecule has 2 aromatic carbocycles. The predicted octanol–water partition coefficient (Wildman–Crippen LogP) is 2.61. The van der Waals surface area contributed by atoms with Crippen molar-refractivity contribution < 1.29 is 14.3 Å². The topological polar surface area (TPSA) is 55.4 Å². The van der Waals surface area contributed by atoms with Gasteiger partial charge in [-0.2, -0.15) is 0 Å². The van der Waals surface area contributed by atoms with Crippen LogP contribution in [0.1, 0.15) is 33.5 Å². The number of nitrogens with one attached hydrogen (secondary N) is 1. The molecule has 0 spiro atoms. The fraction of sp³-hybridized carbons (Fsp3) is 0.222. The number of aryl methyl sites for hydroxylation is 1. The van der Waals surface area contributed by atoms with Gasteiger partial charge in [-0.15, -0.1) is 0 Å². The molecule has 0 fully saturated rings. The number of benzene rings is 2. The van der Waals surface area contributed by atoms with Crippen molar-refractivity contribution in [2.75, 3.05) is 0 Å². The van der Waals surface area contributed by atoms with E-state index >= 15 is 0 Å². The Morgan fingerprint density at radius 3 is 2.68 bits per heavy atom. The number of ether oxygens (including phenoxy) is 1. The summed E-state index contributed by atoms with van der Waals surface area (Å²) in [5.74, 6) is -0.299. The van der Waals surface area contributed by atoms with Crippen LogP contribution in [0, 0.1) is 0 Å². The van der Waals surface area contributed by atoms with Gasteiger partial charge in [0.2, 0.25) is 5.91 Å². The fourth-order valence-corrected chi connectivity index (χ4v) is 2.50. The highest BCUT2D eigenvalue weighted by Crippen LogP contribution is 2.18. The van der Waals surface area contributed by atoms with Crippen LogP contribution >= 0.6 is 0 Å². The largest absolute Gasteiger partial charge is 0.457 e. The Balaban J connectivity index is 1.70. The van der Waals surface area contributed by atoms with E-state index in [1.807, 2.05) is 42.5 Å². The summed E-state index contributed by atoms with van der Waals surface area (Å²) in [4.78, 5) is 23.6. The summed E-state index contributed by atoms with van der Waals surface area (Å²) < 4.78 is 5.33. The lowest BCUT2D eigenvalue weighted by molar-refractivity contribution is -0.121. The molecule has 4 nitrogen and oxygen atoms in total. The second-order valence-corrected chi connectivity index (χ2v) is 5.32. The van der Waals surface area contributed by atoms with Crippen LogP contribution in [0.25, 0.3) is 0 Å². The van der Waals surface area contributed by atoms with Crippen molar-refractivity contribution in [3.05, 3.63) is 70.8 Å². The van der Waals surface area contributed by atoms with Gasteiger partial charge >= 0.3 is 5.97 Å². The first-order valence-electron chi connectivity index (χ1n) is 7.32. The predicted molar refractivity (Wildman–Crippen MR) is 82.2 cm³/mol. The summed E-state index contributed by atoms with van der Waals surface area (Å²) in [6.45, 7) is 0.724. The molecule has 0 unspecified atom stereocenters. The third-order valence-electron chi connectivity index (χ3n) is 3.75. The summed E-state index contributed by atoms with van der Waals surface area (Å²) >= 11 is 0. The van der Waals surface area contributed by atoms with Crippen molar-refractivity contribution in [1.82, 2.24) is 5.32 Å². The number of carbonyl (C=O) groups is 2. The maximum atomic E-state index is 12.1. The van der Waals surface area contributed by atoms with Crippen LogP contribution in [0.2, 0.25) is 0 Å². The molecule has 112 valence electrons. The molecule has 0 saturated heterocycles. The van der Waals surface area contributed by atoms with Gasteiger partial charge in [0.05, 0.1) is 5.56 Å². The molecule has 0 bridgehead atoms. The lowest BCUT2D eigenvalue weighted by Gasteiger charge is -2.09. The third-order valence-corrected chi connectivity index (χ3v) is 3.75. The number of hydrogen-bond acceptors (Lipinski definition) is 3. The minimum absolute atomic E-state index is 0.0457. The van der Waals surface area contributed by atoms with Crippen LogP contribution in [0.5, 0.6) is 0 Å². The second-order valence-electron chi connectivity index (χ2n) is 5.32. The molecule has 1 aliphatic rings. The molecule has 1 aliphatic heterocycles. The Bertz CT molecular complexity index is 695. The smallest absolute Gasteiger partial charge is 0.338 e. The Morgan fingerprint density at radius 1 is 1.05 bits per heavy atom. The summed E-state index contributed by atoms with van der Waals surface area (Å²) in [7, 11) is 0. The first-order valence-corrected chi connectivity index (χ1v) is 7.32. The van der Waals surface area contributed by atoms with E-state index in [4.69, 9.17) is 4.74 Å². The first kappa shape index (κ1) is 14.3. The Morgan fingerprint density at radius 2 is 1.86 bits per heavy atom. The molecule has 0 atom stereocenters. The van der Waals surface area contributed by atoms with Gasteiger partial charge in [-0.05, 0) is 35.2 Å². The zero-order valence-corrected chi connectivity index (χ0v) is 12.2. The lowest BCUT2D eigenvalue weighted by atomic mass is 10.0. The van der Waals surface area contributed by atoms with Crippen molar-refractivity contribution in [2.45, 2.75) is 26.0 Å². The van der Waals surface area contributed by atoms with Crippen molar-refractivity contribution in [1.29, 1.82) is 0 Å². The van der Waals surface area contributed by atoms with Gasteiger partial charge in [-0.3, -0.25) is 4.79 Å². The Labute approximate surface area is 129 Å². The number of rotatable bonds is 3. The third kappa shape index (κ3) is 3.34. The molecule has 22 heavy (non-hydrogen) atoms. The van der Waals surface area contributed by atoms with E-state index in [-0.39, 0.29) is 18.5 Å². The summed E-state index contributed by atoms with van der Waals surface area (Å²) in [5.41, 5.74) is 3.57. The summed E-state index contributed by atoms with van der Waals surface area (Å²) in [6.07, 6.45) is 1.20. The van der Waals surface area contributed by atoms with Crippen LogP contribution in [0.15, 0.2) is 48.5 Å². The first-order chi connectivity index (χ1) is 10.7.